The number of aryl methyl sites for hydroxylation is 1. The molecule has 4 heterocycles. The van der Waals surface area contributed by atoms with Gasteiger partial charge in [0.1, 0.15) is 18.2 Å². The van der Waals surface area contributed by atoms with Crippen molar-refractivity contribution in [1.82, 2.24) is 14.9 Å². The highest BCUT2D eigenvalue weighted by atomic mass is 35.5. The van der Waals surface area contributed by atoms with Gasteiger partial charge in [-0.25, -0.2) is 19.2 Å². The number of nitrogens with zero attached hydrogens (tertiary/aromatic N) is 4. The Labute approximate surface area is 251 Å². The molecule has 10 heteroatoms. The van der Waals surface area contributed by atoms with Gasteiger partial charge in [-0.3, -0.25) is 4.90 Å². The van der Waals surface area contributed by atoms with Crippen molar-refractivity contribution in [3.05, 3.63) is 99.7 Å². The molecule has 0 amide bonds. The molecule has 2 aliphatic rings. The second-order valence-electron chi connectivity index (χ2n) is 10.0. The van der Waals surface area contributed by atoms with Crippen LogP contribution in [0.25, 0.3) is 5.57 Å². The Balaban J connectivity index is 0.000000932. The molecule has 0 radical (unpaired) electrons. The summed E-state index contributed by atoms with van der Waals surface area (Å²) in [6.45, 7) is 8.23. The minimum Gasteiger partial charge on any atom is -0.477 e. The molecule has 8 nitrogen and oxygen atoms in total. The van der Waals surface area contributed by atoms with Crippen LogP contribution in [0.3, 0.4) is 0 Å². The van der Waals surface area contributed by atoms with Crippen molar-refractivity contribution in [3.8, 4) is 5.88 Å². The lowest BCUT2D eigenvalue weighted by Gasteiger charge is -2.31. The summed E-state index contributed by atoms with van der Waals surface area (Å²) in [5.41, 5.74) is 4.35. The lowest BCUT2D eigenvalue weighted by atomic mass is 10.0. The van der Waals surface area contributed by atoms with E-state index in [1.807, 2.05) is 44.0 Å². The summed E-state index contributed by atoms with van der Waals surface area (Å²) in [4.78, 5) is 24.6. The van der Waals surface area contributed by atoms with Gasteiger partial charge in [-0.05, 0) is 62.1 Å². The first-order chi connectivity index (χ1) is 20.2. The Hall–Kier alpha value is -3.79. The van der Waals surface area contributed by atoms with Crippen LogP contribution in [0.4, 0.5) is 10.2 Å². The zero-order valence-electron chi connectivity index (χ0n) is 24.1. The first kappa shape index (κ1) is 31.2. The maximum absolute atomic E-state index is 14.1. The highest BCUT2D eigenvalue weighted by molar-refractivity contribution is 6.30. The largest absolute Gasteiger partial charge is 0.477 e. The number of likely N-dealkylation sites (N-methyl/N-ethyl adjacent to an activating group) is 1. The number of benzene rings is 1. The molecule has 1 saturated heterocycles. The molecule has 1 aromatic carbocycles. The van der Waals surface area contributed by atoms with E-state index >= 15 is 0 Å². The molecule has 2 aromatic heterocycles. The van der Waals surface area contributed by atoms with Gasteiger partial charge >= 0.3 is 5.97 Å². The molecule has 1 N–H and O–H groups in total. The minimum atomic E-state index is -1.05. The van der Waals surface area contributed by atoms with Crippen LogP contribution in [-0.2, 0) is 11.3 Å². The topological polar surface area (TPSA) is 88.0 Å². The van der Waals surface area contributed by atoms with Gasteiger partial charge in [-0.15, -0.1) is 0 Å². The Morgan fingerprint density at radius 3 is 2.60 bits per heavy atom. The lowest BCUT2D eigenvalue weighted by molar-refractivity contribution is 0.0367. The van der Waals surface area contributed by atoms with Crippen molar-refractivity contribution in [3.63, 3.8) is 0 Å². The Kier molecular flexibility index (Phi) is 11.1. The number of aromatic nitrogens is 2. The monoisotopic (exact) mass is 594 g/mol. The van der Waals surface area contributed by atoms with Gasteiger partial charge in [-0.2, -0.15) is 0 Å². The summed E-state index contributed by atoms with van der Waals surface area (Å²) >= 11 is 5.82. The number of ether oxygens (including phenoxy) is 2. The Morgan fingerprint density at radius 2 is 1.98 bits per heavy atom. The maximum Gasteiger partial charge on any atom is 0.354 e. The molecule has 0 atom stereocenters. The fourth-order valence-electron chi connectivity index (χ4n) is 4.43. The smallest absolute Gasteiger partial charge is 0.354 e. The molecule has 0 unspecified atom stereocenters. The van der Waals surface area contributed by atoms with Gasteiger partial charge in [0.15, 0.2) is 5.69 Å². The van der Waals surface area contributed by atoms with Crippen LogP contribution >= 0.6 is 11.6 Å². The number of anilines is 1. The van der Waals surface area contributed by atoms with E-state index < -0.39 is 11.8 Å². The molecule has 42 heavy (non-hydrogen) atoms. The second kappa shape index (κ2) is 14.9. The molecule has 5 rings (SSSR count). The summed E-state index contributed by atoms with van der Waals surface area (Å²) in [5.74, 6) is -0.388. The number of allylic oxidation sites excluding steroid dienone is 1. The summed E-state index contributed by atoms with van der Waals surface area (Å²) < 4.78 is 24.5. The highest BCUT2D eigenvalue weighted by Crippen LogP contribution is 2.26. The lowest BCUT2D eigenvalue weighted by Crippen LogP contribution is -2.35. The zero-order chi connectivity index (χ0) is 30.1. The first-order valence-corrected chi connectivity index (χ1v) is 14.3. The number of rotatable bonds is 9. The van der Waals surface area contributed by atoms with Crippen LogP contribution in [0.1, 0.15) is 47.1 Å². The average Bonchev–Trinajstić information content (AvgIpc) is 2.95. The summed E-state index contributed by atoms with van der Waals surface area (Å²) in [7, 11) is 1.91. The number of aromatic carboxylic acids is 1. The van der Waals surface area contributed by atoms with E-state index in [1.54, 1.807) is 24.3 Å². The van der Waals surface area contributed by atoms with E-state index in [-0.39, 0.29) is 12.3 Å². The van der Waals surface area contributed by atoms with Crippen molar-refractivity contribution < 1.29 is 23.8 Å². The van der Waals surface area contributed by atoms with Gasteiger partial charge in [0.2, 0.25) is 5.88 Å². The molecular weight excluding hydrogens is 559 g/mol. The van der Waals surface area contributed by atoms with Gasteiger partial charge in [-0.1, -0.05) is 42.0 Å². The number of carboxylic acids is 1. The molecule has 222 valence electrons. The van der Waals surface area contributed by atoms with Crippen molar-refractivity contribution in [2.75, 3.05) is 44.8 Å². The van der Waals surface area contributed by atoms with Crippen LogP contribution in [-0.4, -0.2) is 65.8 Å². The molecular formula is C32H36ClFN4O4. The fraction of sp³-hybridized carbons (Fsp3) is 0.344. The molecule has 3 aromatic rings. The molecule has 0 aliphatic carbocycles. The third kappa shape index (κ3) is 8.38. The van der Waals surface area contributed by atoms with Gasteiger partial charge in [0.25, 0.3) is 0 Å². The van der Waals surface area contributed by atoms with Gasteiger partial charge < -0.3 is 19.5 Å². The van der Waals surface area contributed by atoms with Crippen molar-refractivity contribution in [1.29, 1.82) is 0 Å². The molecule has 2 aliphatic heterocycles. The van der Waals surface area contributed by atoms with E-state index in [0.717, 1.165) is 55.3 Å². The first-order valence-electron chi connectivity index (χ1n) is 13.9. The third-order valence-corrected chi connectivity index (χ3v) is 7.31. The highest BCUT2D eigenvalue weighted by Gasteiger charge is 2.19. The predicted molar refractivity (Wildman–Crippen MR) is 163 cm³/mol. The average molecular weight is 595 g/mol. The van der Waals surface area contributed by atoms with Crippen molar-refractivity contribution in [2.24, 2.45) is 0 Å². The molecule has 0 spiro atoms. The van der Waals surface area contributed by atoms with E-state index in [0.29, 0.717) is 28.8 Å². The minimum absolute atomic E-state index is 0.0236. The number of halogens is 2. The molecule has 1 fully saturated rings. The Bertz CT molecular complexity index is 1450. The van der Waals surface area contributed by atoms with Crippen molar-refractivity contribution in [2.45, 2.75) is 33.3 Å². The predicted octanol–water partition coefficient (Wildman–Crippen LogP) is 6.39. The number of hydrogen-bond acceptors (Lipinski definition) is 7. The van der Waals surface area contributed by atoms with Crippen molar-refractivity contribution >= 4 is 29.0 Å². The van der Waals surface area contributed by atoms with E-state index in [1.165, 1.54) is 18.6 Å². The van der Waals surface area contributed by atoms with E-state index in [4.69, 9.17) is 21.1 Å². The normalized spacial score (nSPS) is 15.2. The number of carbonyl (C=O) groups is 1. The van der Waals surface area contributed by atoms with E-state index in [2.05, 4.69) is 20.9 Å². The van der Waals surface area contributed by atoms with E-state index in [9.17, 15) is 14.3 Å². The Morgan fingerprint density at radius 1 is 1.21 bits per heavy atom. The number of pyridine rings is 2. The quantitative estimate of drug-likeness (QED) is 0.305. The summed E-state index contributed by atoms with van der Waals surface area (Å²) in [5, 5.41) is 9.68. The van der Waals surface area contributed by atoms with Crippen LogP contribution in [0.5, 0.6) is 5.88 Å². The van der Waals surface area contributed by atoms with Crippen LogP contribution < -0.4 is 9.64 Å². The number of hydrogen-bond donors (Lipinski definition) is 1. The molecule has 0 saturated carbocycles. The summed E-state index contributed by atoms with van der Waals surface area (Å²) in [6, 6.07) is 13.4. The van der Waals surface area contributed by atoms with Gasteiger partial charge in [0, 0.05) is 62.2 Å². The third-order valence-electron chi connectivity index (χ3n) is 7.07. The fourth-order valence-corrected chi connectivity index (χ4v) is 4.59. The van der Waals surface area contributed by atoms with Crippen LogP contribution in [0.2, 0.25) is 5.02 Å². The van der Waals surface area contributed by atoms with Crippen LogP contribution in [0, 0.1) is 12.7 Å². The standard InChI is InChI=1S/C29H30ClFN4O3.C3H6O/c1-4-23(34(3)28-19(2)8-11-26(33-28)29(36)37)17-35-14-12-20(13-15-35)25-6-5-7-27(32-25)38-18-21-9-10-22(30)16-24(21)31;1-2-4-3-1/h4-12,16H,13-15,17-18H2,1-3H3,(H,36,37);1-3H2. The van der Waals surface area contributed by atoms with Crippen LogP contribution in [0.15, 0.2) is 66.4 Å². The zero-order valence-corrected chi connectivity index (χ0v) is 24.9. The molecule has 0 bridgehead atoms. The SMILES string of the molecule is C1COC1.CC=C(CN1CC=C(c2cccc(OCc3ccc(Cl)cc3F)n2)CC1)N(C)c1nc(C(=O)O)ccc1C. The van der Waals surface area contributed by atoms with Gasteiger partial charge in [0.05, 0.1) is 5.69 Å². The second-order valence-corrected chi connectivity index (χ2v) is 10.5. The number of carboxylic acid groups (broad SMARTS) is 1. The summed E-state index contributed by atoms with van der Waals surface area (Å²) in [6.07, 6.45) is 6.28. The maximum atomic E-state index is 14.1.